The van der Waals surface area contributed by atoms with Crippen LogP contribution in [-0.4, -0.2) is 47.4 Å². The van der Waals surface area contributed by atoms with Gasteiger partial charge in [0.25, 0.3) is 0 Å². The highest BCUT2D eigenvalue weighted by atomic mass is 16.5. The molecule has 3 N–H and O–H groups in total. The number of rotatable bonds is 60. The van der Waals surface area contributed by atoms with Crippen molar-refractivity contribution in [1.29, 1.82) is 0 Å². The van der Waals surface area contributed by atoms with Crippen molar-refractivity contribution in [3.8, 4) is 0 Å². The number of allylic oxidation sites excluding steroid dienone is 1. The zero-order chi connectivity index (χ0) is 50.7. The molecule has 416 valence electrons. The molecule has 0 radical (unpaired) electrons. The van der Waals surface area contributed by atoms with E-state index in [-0.39, 0.29) is 18.5 Å². The van der Waals surface area contributed by atoms with Crippen LogP contribution in [0.5, 0.6) is 0 Å². The Kier molecular flexibility index (Phi) is 59.0. The Morgan fingerprint density at radius 1 is 0.386 bits per heavy atom. The minimum absolute atomic E-state index is 0.0157. The topological polar surface area (TPSA) is 95.9 Å². The van der Waals surface area contributed by atoms with Gasteiger partial charge < -0.3 is 20.3 Å². The highest BCUT2D eigenvalue weighted by Crippen LogP contribution is 2.18. The van der Waals surface area contributed by atoms with E-state index >= 15 is 0 Å². The monoisotopic (exact) mass is 988 g/mol. The van der Waals surface area contributed by atoms with Crippen LogP contribution in [0.3, 0.4) is 0 Å². The molecule has 0 rings (SSSR count). The molecule has 0 saturated carbocycles. The first-order valence-electron chi connectivity index (χ1n) is 32.0. The van der Waals surface area contributed by atoms with E-state index in [1.165, 1.54) is 295 Å². The lowest BCUT2D eigenvalue weighted by Gasteiger charge is -2.20. The molecule has 0 aliphatic carbocycles. The lowest BCUT2D eigenvalue weighted by atomic mass is 10.0. The molecular formula is C64H125NO5. The molecular weight excluding hydrogens is 863 g/mol. The van der Waals surface area contributed by atoms with E-state index in [2.05, 4.69) is 19.2 Å². The Labute approximate surface area is 438 Å². The molecule has 0 aromatic heterocycles. The van der Waals surface area contributed by atoms with Crippen molar-refractivity contribution in [1.82, 2.24) is 5.32 Å². The van der Waals surface area contributed by atoms with Gasteiger partial charge in [-0.05, 0) is 32.1 Å². The second-order valence-corrected chi connectivity index (χ2v) is 22.1. The van der Waals surface area contributed by atoms with Gasteiger partial charge in [-0.2, -0.15) is 0 Å². The number of nitrogens with one attached hydrogen (secondary N) is 1. The van der Waals surface area contributed by atoms with E-state index in [1.54, 1.807) is 6.08 Å². The van der Waals surface area contributed by atoms with E-state index in [1.807, 2.05) is 6.08 Å². The number of hydrogen-bond acceptors (Lipinski definition) is 5. The zero-order valence-corrected chi connectivity index (χ0v) is 47.5. The predicted octanol–water partition coefficient (Wildman–Crippen LogP) is 20.0. The van der Waals surface area contributed by atoms with Gasteiger partial charge in [-0.3, -0.25) is 9.59 Å². The van der Waals surface area contributed by atoms with Gasteiger partial charge in [0.15, 0.2) is 0 Å². The molecule has 0 aliphatic heterocycles. The number of hydrogen-bond donors (Lipinski definition) is 3. The van der Waals surface area contributed by atoms with Crippen molar-refractivity contribution in [3.05, 3.63) is 12.2 Å². The molecule has 2 atom stereocenters. The number of aliphatic hydroxyl groups is 2. The predicted molar refractivity (Wildman–Crippen MR) is 306 cm³/mol. The van der Waals surface area contributed by atoms with Crippen LogP contribution in [-0.2, 0) is 14.3 Å². The molecule has 1 amide bonds. The highest BCUT2D eigenvalue weighted by Gasteiger charge is 2.18. The summed E-state index contributed by atoms with van der Waals surface area (Å²) in [7, 11) is 0. The van der Waals surface area contributed by atoms with Gasteiger partial charge in [0, 0.05) is 12.8 Å². The first kappa shape index (κ1) is 68.6. The molecule has 0 aromatic carbocycles. The average Bonchev–Trinajstić information content (AvgIpc) is 3.36. The van der Waals surface area contributed by atoms with E-state index in [0.29, 0.717) is 19.4 Å². The third-order valence-electron chi connectivity index (χ3n) is 15.1. The largest absolute Gasteiger partial charge is 0.466 e. The summed E-state index contributed by atoms with van der Waals surface area (Å²) < 4.78 is 5.49. The number of carbonyl (C=O) groups excluding carboxylic acids is 2. The minimum atomic E-state index is -0.844. The fraction of sp³-hybridized carbons (Fsp3) is 0.938. The van der Waals surface area contributed by atoms with Crippen LogP contribution in [0.25, 0.3) is 0 Å². The van der Waals surface area contributed by atoms with E-state index in [9.17, 15) is 19.8 Å². The zero-order valence-electron chi connectivity index (χ0n) is 47.5. The Bertz CT molecular complexity index is 1050. The number of carbonyl (C=O) groups is 2. The molecule has 0 heterocycles. The molecule has 0 fully saturated rings. The lowest BCUT2D eigenvalue weighted by Crippen LogP contribution is -2.45. The number of ether oxygens (including phenoxy) is 1. The molecule has 2 unspecified atom stereocenters. The number of esters is 1. The molecule has 0 aliphatic rings. The van der Waals surface area contributed by atoms with Crippen molar-refractivity contribution in [2.45, 2.75) is 373 Å². The van der Waals surface area contributed by atoms with E-state index < -0.39 is 12.1 Å². The minimum Gasteiger partial charge on any atom is -0.466 e. The van der Waals surface area contributed by atoms with Gasteiger partial charge in [0.1, 0.15) is 0 Å². The second kappa shape index (κ2) is 60.2. The normalized spacial score (nSPS) is 12.6. The second-order valence-electron chi connectivity index (χ2n) is 22.1. The van der Waals surface area contributed by atoms with Gasteiger partial charge in [-0.15, -0.1) is 0 Å². The smallest absolute Gasteiger partial charge is 0.305 e. The molecule has 0 aromatic rings. The average molecular weight is 989 g/mol. The third kappa shape index (κ3) is 55.9. The van der Waals surface area contributed by atoms with Crippen LogP contribution >= 0.6 is 0 Å². The van der Waals surface area contributed by atoms with Crippen LogP contribution in [0.1, 0.15) is 361 Å². The van der Waals surface area contributed by atoms with Crippen LogP contribution in [0.4, 0.5) is 0 Å². The lowest BCUT2D eigenvalue weighted by molar-refractivity contribution is -0.143. The molecule has 70 heavy (non-hydrogen) atoms. The van der Waals surface area contributed by atoms with E-state index in [4.69, 9.17) is 4.74 Å². The van der Waals surface area contributed by atoms with Crippen molar-refractivity contribution < 1.29 is 24.5 Å². The fourth-order valence-corrected chi connectivity index (χ4v) is 10.2. The van der Waals surface area contributed by atoms with Crippen molar-refractivity contribution >= 4 is 11.9 Å². The molecule has 0 spiro atoms. The van der Waals surface area contributed by atoms with Crippen molar-refractivity contribution in [3.63, 3.8) is 0 Å². The number of amides is 1. The third-order valence-corrected chi connectivity index (χ3v) is 15.1. The maximum Gasteiger partial charge on any atom is 0.305 e. The van der Waals surface area contributed by atoms with Gasteiger partial charge >= 0.3 is 5.97 Å². The van der Waals surface area contributed by atoms with Gasteiger partial charge in [-0.25, -0.2) is 0 Å². The van der Waals surface area contributed by atoms with Crippen LogP contribution in [0.15, 0.2) is 12.2 Å². The first-order valence-corrected chi connectivity index (χ1v) is 32.0. The SMILES string of the molecule is CCCCCCCCCCCCCCCCC/C=C/C(O)C(CO)NC(=O)CCCCCCCCCCCCCCCCCCCCCCCCOC(=O)CCCCCCCCCCCCCCCC. The summed E-state index contributed by atoms with van der Waals surface area (Å²) in [5.74, 6) is -0.0493. The van der Waals surface area contributed by atoms with Crippen LogP contribution in [0, 0.1) is 0 Å². The maximum atomic E-state index is 12.5. The van der Waals surface area contributed by atoms with Crippen molar-refractivity contribution in [2.75, 3.05) is 13.2 Å². The summed E-state index contributed by atoms with van der Waals surface area (Å²) in [6, 6.07) is -0.627. The van der Waals surface area contributed by atoms with Crippen molar-refractivity contribution in [2.24, 2.45) is 0 Å². The van der Waals surface area contributed by atoms with Crippen LogP contribution < -0.4 is 5.32 Å². The number of aliphatic hydroxyl groups excluding tert-OH is 2. The Morgan fingerprint density at radius 3 is 0.971 bits per heavy atom. The van der Waals surface area contributed by atoms with Crippen LogP contribution in [0.2, 0.25) is 0 Å². The van der Waals surface area contributed by atoms with Gasteiger partial charge in [0.05, 0.1) is 25.4 Å². The Hall–Kier alpha value is -1.40. The Morgan fingerprint density at radius 2 is 0.657 bits per heavy atom. The number of unbranched alkanes of at least 4 members (excludes halogenated alkanes) is 49. The van der Waals surface area contributed by atoms with Gasteiger partial charge in [-0.1, -0.05) is 328 Å². The summed E-state index contributed by atoms with van der Waals surface area (Å²) in [5, 5.41) is 23.2. The first-order chi connectivity index (χ1) is 34.5. The van der Waals surface area contributed by atoms with Gasteiger partial charge in [0.2, 0.25) is 5.91 Å². The summed E-state index contributed by atoms with van der Waals surface area (Å²) in [6.45, 7) is 4.94. The maximum absolute atomic E-state index is 12.5. The fourth-order valence-electron chi connectivity index (χ4n) is 10.2. The molecule has 6 nitrogen and oxygen atoms in total. The standard InChI is InChI=1S/C64H125NO5/c1-3-5-7-9-11-13-15-17-19-26-29-32-36-40-44-48-52-56-62(67)61(60-66)65-63(68)57-53-49-45-41-37-33-30-27-24-22-20-21-23-25-28-31-35-39-43-47-51-55-59-70-64(69)58-54-50-46-42-38-34-18-16-14-12-10-8-6-4-2/h52,56,61-62,66-67H,3-51,53-55,57-60H2,1-2H3,(H,65,68)/b56-52+. The summed E-state index contributed by atoms with van der Waals surface area (Å²) in [6.07, 6.45) is 72.5. The molecule has 0 bridgehead atoms. The summed E-state index contributed by atoms with van der Waals surface area (Å²) in [4.78, 5) is 24.5. The summed E-state index contributed by atoms with van der Waals surface area (Å²) >= 11 is 0. The molecule has 6 heteroatoms. The Balaban J connectivity index is 3.39. The quantitative estimate of drug-likeness (QED) is 0.0321. The van der Waals surface area contributed by atoms with E-state index in [0.717, 1.165) is 38.5 Å². The summed E-state index contributed by atoms with van der Waals surface area (Å²) in [5.41, 5.74) is 0. The highest BCUT2D eigenvalue weighted by molar-refractivity contribution is 5.76. The molecule has 0 saturated heterocycles.